The van der Waals surface area contributed by atoms with Crippen LogP contribution in [0.3, 0.4) is 0 Å². The number of halogens is 3. The summed E-state index contributed by atoms with van der Waals surface area (Å²) < 4.78 is 8.57. The molecular weight excluding hydrogens is 375 g/mol. The number of unbranched alkanes of at least 4 members (excludes halogenated alkanes) is 5. The molecule has 142 valence electrons. The number of rotatable bonds is 14. The van der Waals surface area contributed by atoms with E-state index in [2.05, 4.69) is 0 Å². The fourth-order valence-electron chi connectivity index (χ4n) is 2.27. The average Bonchev–Trinajstić information content (AvgIpc) is 2.48. The van der Waals surface area contributed by atoms with Crippen LogP contribution >= 0.6 is 34.8 Å². The van der Waals surface area contributed by atoms with Gasteiger partial charge in [-0.25, -0.2) is 0 Å². The van der Waals surface area contributed by atoms with Gasteiger partial charge >= 0.3 is 11.9 Å². The van der Waals surface area contributed by atoms with Gasteiger partial charge in [0.15, 0.2) is 4.33 Å². The number of carbonyl (C=O) groups excluding carboxylic acids is 2. The lowest BCUT2D eigenvalue weighted by Gasteiger charge is -2.21. The van der Waals surface area contributed by atoms with Crippen molar-refractivity contribution in [2.45, 2.75) is 81.3 Å². The van der Waals surface area contributed by atoms with Gasteiger partial charge < -0.3 is 9.47 Å². The van der Waals surface area contributed by atoms with E-state index in [4.69, 9.17) is 44.3 Å². The summed E-state index contributed by atoms with van der Waals surface area (Å²) in [5.41, 5.74) is 0. The Morgan fingerprint density at radius 3 is 2.17 bits per heavy atom. The Balaban J connectivity index is 3.56. The van der Waals surface area contributed by atoms with Crippen LogP contribution in [0.1, 0.15) is 71.6 Å². The van der Waals surface area contributed by atoms with Crippen molar-refractivity contribution in [2.24, 2.45) is 0 Å². The Morgan fingerprint density at radius 2 is 1.58 bits per heavy atom. The van der Waals surface area contributed by atoms with Crippen LogP contribution in [-0.2, 0) is 19.1 Å². The Labute approximate surface area is 160 Å². The van der Waals surface area contributed by atoms with Gasteiger partial charge in [-0.3, -0.25) is 9.59 Å². The summed E-state index contributed by atoms with van der Waals surface area (Å²) >= 11 is 18.4. The molecular formula is C17H29Cl3O4. The van der Waals surface area contributed by atoms with Crippen LogP contribution in [0.5, 0.6) is 0 Å². The van der Waals surface area contributed by atoms with E-state index in [0.29, 0.717) is 19.4 Å². The minimum Gasteiger partial charge on any atom is -0.466 e. The highest BCUT2D eigenvalue weighted by Crippen LogP contribution is 2.31. The second kappa shape index (κ2) is 14.0. The Bertz CT molecular complexity index is 362. The van der Waals surface area contributed by atoms with Crippen molar-refractivity contribution in [2.75, 3.05) is 13.2 Å². The minimum atomic E-state index is -1.13. The van der Waals surface area contributed by atoms with Gasteiger partial charge in [0, 0.05) is 25.1 Å². The number of carbonyl (C=O) groups is 2. The molecule has 0 aromatic rings. The molecule has 0 aromatic heterocycles. The van der Waals surface area contributed by atoms with Gasteiger partial charge in [0.05, 0.1) is 6.61 Å². The van der Waals surface area contributed by atoms with E-state index >= 15 is 0 Å². The summed E-state index contributed by atoms with van der Waals surface area (Å²) in [4.78, 5) is 21.9. The van der Waals surface area contributed by atoms with Gasteiger partial charge in [0.25, 0.3) is 0 Å². The topological polar surface area (TPSA) is 52.6 Å². The third-order valence-electron chi connectivity index (χ3n) is 3.46. The molecule has 7 heteroatoms. The predicted octanol–water partition coefficient (Wildman–Crippen LogP) is 5.40. The zero-order valence-corrected chi connectivity index (χ0v) is 16.9. The molecule has 1 unspecified atom stereocenters. The van der Waals surface area contributed by atoms with Crippen LogP contribution in [0, 0.1) is 0 Å². The van der Waals surface area contributed by atoms with Crippen LogP contribution in [-0.4, -0.2) is 34.9 Å². The molecule has 0 aliphatic carbocycles. The largest absolute Gasteiger partial charge is 0.466 e. The maximum absolute atomic E-state index is 11.2. The number of hydrogen-bond acceptors (Lipinski definition) is 4. The molecule has 0 rings (SSSR count). The molecule has 0 radical (unpaired) electrons. The fraction of sp³-hybridized carbons (Fsp3) is 0.882. The average molecular weight is 404 g/mol. The van der Waals surface area contributed by atoms with Gasteiger partial charge in [-0.05, 0) is 19.8 Å². The van der Waals surface area contributed by atoms with Crippen molar-refractivity contribution in [3.05, 3.63) is 0 Å². The molecule has 1 atom stereocenters. The van der Waals surface area contributed by atoms with Crippen molar-refractivity contribution in [1.29, 1.82) is 0 Å². The maximum Gasteiger partial charge on any atom is 0.305 e. The van der Waals surface area contributed by atoms with E-state index in [9.17, 15) is 9.59 Å². The van der Waals surface area contributed by atoms with Gasteiger partial charge in [0.2, 0.25) is 0 Å². The van der Waals surface area contributed by atoms with Gasteiger partial charge in [-0.2, -0.15) is 0 Å². The number of esters is 2. The first kappa shape index (κ1) is 23.8. The van der Waals surface area contributed by atoms with Crippen LogP contribution in [0.4, 0.5) is 0 Å². The molecule has 0 spiro atoms. The number of ether oxygens (including phenoxy) is 2. The first-order valence-electron chi connectivity index (χ1n) is 8.57. The van der Waals surface area contributed by atoms with Crippen LogP contribution in [0.15, 0.2) is 0 Å². The second-order valence-electron chi connectivity index (χ2n) is 5.90. The molecule has 0 aromatic carbocycles. The molecule has 0 fully saturated rings. The highest BCUT2D eigenvalue weighted by molar-refractivity contribution is 6.48. The maximum atomic E-state index is 11.2. The lowest BCUT2D eigenvalue weighted by atomic mass is 10.1. The molecule has 0 saturated heterocycles. The first-order valence-corrected chi connectivity index (χ1v) is 9.77. The van der Waals surface area contributed by atoms with E-state index in [1.807, 2.05) is 6.92 Å². The van der Waals surface area contributed by atoms with Crippen LogP contribution in [0.25, 0.3) is 0 Å². The monoisotopic (exact) mass is 402 g/mol. The zero-order valence-electron chi connectivity index (χ0n) is 14.6. The predicted molar refractivity (Wildman–Crippen MR) is 98.9 cm³/mol. The van der Waals surface area contributed by atoms with E-state index < -0.39 is 10.3 Å². The first-order chi connectivity index (χ1) is 11.3. The summed E-state index contributed by atoms with van der Waals surface area (Å²) in [6.45, 7) is 3.53. The molecule has 0 aliphatic heterocycles. The third kappa shape index (κ3) is 15.3. The smallest absolute Gasteiger partial charge is 0.305 e. The SMILES string of the molecule is CCOC(=O)CCCCCCCCC(Cl)CC(Cl)(Cl)COC(C)=O. The number of alkyl halides is 3. The van der Waals surface area contributed by atoms with Crippen molar-refractivity contribution in [3.63, 3.8) is 0 Å². The summed E-state index contributed by atoms with van der Waals surface area (Å²) in [7, 11) is 0. The Kier molecular flexibility index (Phi) is 13.9. The molecule has 0 N–H and O–H groups in total. The summed E-state index contributed by atoms with van der Waals surface area (Å²) in [6.07, 6.45) is 7.95. The van der Waals surface area contributed by atoms with Gasteiger partial charge in [-0.1, -0.05) is 55.3 Å². The number of hydrogen-bond donors (Lipinski definition) is 0. The molecule has 0 heterocycles. The molecule has 0 aliphatic rings. The zero-order chi connectivity index (χ0) is 18.4. The quantitative estimate of drug-likeness (QED) is 0.221. The van der Waals surface area contributed by atoms with Gasteiger partial charge in [0.1, 0.15) is 6.61 Å². The summed E-state index contributed by atoms with van der Waals surface area (Å²) in [5.74, 6) is -0.517. The lowest BCUT2D eigenvalue weighted by Crippen LogP contribution is -2.26. The molecule has 0 amide bonds. The van der Waals surface area contributed by atoms with Crippen LogP contribution < -0.4 is 0 Å². The third-order valence-corrected chi connectivity index (χ3v) is 4.36. The molecule has 4 nitrogen and oxygen atoms in total. The van der Waals surface area contributed by atoms with E-state index in [-0.39, 0.29) is 18.0 Å². The summed E-state index contributed by atoms with van der Waals surface area (Å²) in [5, 5.41) is -0.139. The van der Waals surface area contributed by atoms with Gasteiger partial charge in [-0.15, -0.1) is 11.6 Å². The van der Waals surface area contributed by atoms with Crippen molar-refractivity contribution < 1.29 is 19.1 Å². The minimum absolute atomic E-state index is 0.0465. The highest BCUT2D eigenvalue weighted by atomic mass is 35.5. The highest BCUT2D eigenvalue weighted by Gasteiger charge is 2.28. The molecule has 24 heavy (non-hydrogen) atoms. The van der Waals surface area contributed by atoms with Crippen molar-refractivity contribution >= 4 is 46.7 Å². The Hall–Kier alpha value is -0.190. The second-order valence-corrected chi connectivity index (χ2v) is 8.16. The molecule has 0 saturated carbocycles. The molecule has 0 bridgehead atoms. The van der Waals surface area contributed by atoms with Crippen molar-refractivity contribution in [1.82, 2.24) is 0 Å². The normalized spacial score (nSPS) is 12.7. The van der Waals surface area contributed by atoms with E-state index in [1.165, 1.54) is 6.92 Å². The lowest BCUT2D eigenvalue weighted by molar-refractivity contribution is -0.143. The van der Waals surface area contributed by atoms with E-state index in [0.717, 1.165) is 44.9 Å². The summed E-state index contributed by atoms with van der Waals surface area (Å²) in [6, 6.07) is 0. The fourth-order valence-corrected chi connectivity index (χ4v) is 3.32. The van der Waals surface area contributed by atoms with E-state index in [1.54, 1.807) is 0 Å². The van der Waals surface area contributed by atoms with Crippen LogP contribution in [0.2, 0.25) is 0 Å². The van der Waals surface area contributed by atoms with Crippen molar-refractivity contribution in [3.8, 4) is 0 Å². The standard InChI is InChI=1S/C17H29Cl3O4/c1-3-23-16(22)11-9-7-5-4-6-8-10-15(18)12-17(19,20)13-24-14(2)21/h15H,3-13H2,1-2H3. The Morgan fingerprint density at radius 1 is 1.00 bits per heavy atom.